The van der Waals surface area contributed by atoms with E-state index < -0.39 is 0 Å². The fraction of sp³-hybridized carbons (Fsp3) is 0.917. The third-order valence-electron chi connectivity index (χ3n) is 3.74. The van der Waals surface area contributed by atoms with Crippen molar-refractivity contribution < 1.29 is 4.79 Å². The molecule has 2 rings (SSSR count). The highest BCUT2D eigenvalue weighted by Gasteiger charge is 2.28. The van der Waals surface area contributed by atoms with Crippen LogP contribution in [0.4, 0.5) is 0 Å². The minimum absolute atomic E-state index is 0.222. The van der Waals surface area contributed by atoms with Gasteiger partial charge in [0, 0.05) is 19.0 Å². The molecule has 15 heavy (non-hydrogen) atoms. The van der Waals surface area contributed by atoms with Gasteiger partial charge in [0.15, 0.2) is 0 Å². The van der Waals surface area contributed by atoms with Gasteiger partial charge < -0.3 is 11.1 Å². The Hall–Kier alpha value is -0.570. The van der Waals surface area contributed by atoms with E-state index in [4.69, 9.17) is 5.73 Å². The van der Waals surface area contributed by atoms with Gasteiger partial charge in [0.25, 0.3) is 0 Å². The number of nitrogens with two attached hydrogens (primary N) is 1. The summed E-state index contributed by atoms with van der Waals surface area (Å²) in [4.78, 5) is 11.7. The molecule has 0 aromatic carbocycles. The van der Waals surface area contributed by atoms with Crippen molar-refractivity contribution in [1.29, 1.82) is 0 Å². The van der Waals surface area contributed by atoms with Crippen molar-refractivity contribution in [3.8, 4) is 0 Å². The molecule has 1 unspecified atom stereocenters. The lowest BCUT2D eigenvalue weighted by atomic mass is 9.98. The molecule has 3 N–H and O–H groups in total. The van der Waals surface area contributed by atoms with Crippen LogP contribution in [0.25, 0.3) is 0 Å². The minimum Gasteiger partial charge on any atom is -0.352 e. The van der Waals surface area contributed by atoms with Crippen molar-refractivity contribution in [3.63, 3.8) is 0 Å². The first-order valence-corrected chi connectivity index (χ1v) is 6.29. The fourth-order valence-corrected chi connectivity index (χ4v) is 2.58. The van der Waals surface area contributed by atoms with Gasteiger partial charge >= 0.3 is 0 Å². The molecule has 86 valence electrons. The topological polar surface area (TPSA) is 55.1 Å². The normalized spacial score (nSPS) is 24.1. The molecule has 0 heterocycles. The van der Waals surface area contributed by atoms with Crippen LogP contribution in [0.2, 0.25) is 0 Å². The van der Waals surface area contributed by atoms with Crippen molar-refractivity contribution in [2.75, 3.05) is 6.54 Å². The summed E-state index contributed by atoms with van der Waals surface area (Å²) in [5.74, 6) is 1.53. The maximum Gasteiger partial charge on any atom is 0.220 e. The molecule has 1 atom stereocenters. The lowest BCUT2D eigenvalue weighted by molar-refractivity contribution is -0.122. The van der Waals surface area contributed by atoms with Crippen molar-refractivity contribution in [2.24, 2.45) is 17.6 Å². The molecule has 0 aromatic heterocycles. The van der Waals surface area contributed by atoms with Crippen LogP contribution in [-0.2, 0) is 4.79 Å². The molecule has 0 aliphatic heterocycles. The predicted molar refractivity (Wildman–Crippen MR) is 60.3 cm³/mol. The predicted octanol–water partition coefficient (Wildman–Crippen LogP) is 1.42. The number of nitrogens with one attached hydrogen (secondary N) is 1. The van der Waals surface area contributed by atoms with Gasteiger partial charge in [-0.1, -0.05) is 12.8 Å². The van der Waals surface area contributed by atoms with Crippen LogP contribution in [0.1, 0.15) is 44.9 Å². The highest BCUT2D eigenvalue weighted by molar-refractivity contribution is 5.76. The van der Waals surface area contributed by atoms with Crippen molar-refractivity contribution in [1.82, 2.24) is 5.32 Å². The maximum atomic E-state index is 11.7. The molecule has 3 heteroatoms. The average Bonchev–Trinajstić information content (AvgIpc) is 2.86. The third kappa shape index (κ3) is 3.20. The molecular formula is C12H22N2O. The van der Waals surface area contributed by atoms with E-state index in [-0.39, 0.29) is 11.9 Å². The number of hydrogen-bond acceptors (Lipinski definition) is 2. The van der Waals surface area contributed by atoms with Crippen molar-refractivity contribution >= 4 is 5.91 Å². The van der Waals surface area contributed by atoms with E-state index in [1.807, 2.05) is 0 Å². The second-order valence-electron chi connectivity index (χ2n) is 5.10. The van der Waals surface area contributed by atoms with E-state index in [1.165, 1.54) is 38.5 Å². The molecule has 3 nitrogen and oxygen atoms in total. The summed E-state index contributed by atoms with van der Waals surface area (Å²) in [5.41, 5.74) is 5.73. The zero-order valence-electron chi connectivity index (χ0n) is 9.37. The summed E-state index contributed by atoms with van der Waals surface area (Å²) in [6.45, 7) is 0.598. The van der Waals surface area contributed by atoms with Gasteiger partial charge in [-0.05, 0) is 37.5 Å². The Labute approximate surface area is 91.8 Å². The fourth-order valence-electron chi connectivity index (χ4n) is 2.58. The van der Waals surface area contributed by atoms with E-state index in [0.717, 1.165) is 6.42 Å². The highest BCUT2D eigenvalue weighted by Crippen LogP contribution is 2.32. The summed E-state index contributed by atoms with van der Waals surface area (Å²) < 4.78 is 0. The molecule has 1 amide bonds. The van der Waals surface area contributed by atoms with Crippen LogP contribution < -0.4 is 11.1 Å². The first kappa shape index (κ1) is 10.9. The first-order chi connectivity index (χ1) is 7.29. The summed E-state index contributed by atoms with van der Waals surface area (Å²) in [7, 11) is 0. The molecular weight excluding hydrogens is 188 g/mol. The van der Waals surface area contributed by atoms with E-state index in [1.54, 1.807) is 0 Å². The highest BCUT2D eigenvalue weighted by atomic mass is 16.1. The van der Waals surface area contributed by atoms with Crippen LogP contribution in [0.15, 0.2) is 0 Å². The largest absolute Gasteiger partial charge is 0.352 e. The molecule has 0 radical (unpaired) electrons. The summed E-state index contributed by atoms with van der Waals surface area (Å²) in [6.07, 6.45) is 8.30. The Balaban J connectivity index is 1.75. The smallest absolute Gasteiger partial charge is 0.220 e. The molecule has 0 aromatic rings. The maximum absolute atomic E-state index is 11.7. The van der Waals surface area contributed by atoms with E-state index in [2.05, 4.69) is 5.32 Å². The monoisotopic (exact) mass is 210 g/mol. The van der Waals surface area contributed by atoms with Crippen LogP contribution >= 0.6 is 0 Å². The Morgan fingerprint density at radius 3 is 2.47 bits per heavy atom. The SMILES string of the molecule is NCC(NC(=O)CC1CC1)C1CCCC1. The van der Waals surface area contributed by atoms with Gasteiger partial charge in [-0.15, -0.1) is 0 Å². The van der Waals surface area contributed by atoms with Gasteiger partial charge in [-0.25, -0.2) is 0 Å². The Morgan fingerprint density at radius 1 is 1.27 bits per heavy atom. The van der Waals surface area contributed by atoms with Gasteiger partial charge in [-0.2, -0.15) is 0 Å². The number of amides is 1. The van der Waals surface area contributed by atoms with Gasteiger partial charge in [0.05, 0.1) is 0 Å². The number of carbonyl (C=O) groups is 1. The summed E-state index contributed by atoms with van der Waals surface area (Å²) in [6, 6.07) is 0.235. The van der Waals surface area contributed by atoms with E-state index in [0.29, 0.717) is 18.4 Å². The number of rotatable bonds is 5. The zero-order chi connectivity index (χ0) is 10.7. The Kier molecular flexibility index (Phi) is 3.62. The standard InChI is InChI=1S/C12H22N2O/c13-8-11(10-3-1-2-4-10)14-12(15)7-9-5-6-9/h9-11H,1-8,13H2,(H,14,15). The zero-order valence-corrected chi connectivity index (χ0v) is 9.37. The molecule has 2 aliphatic rings. The summed E-state index contributed by atoms with van der Waals surface area (Å²) >= 11 is 0. The number of carbonyl (C=O) groups excluding carboxylic acids is 1. The lowest BCUT2D eigenvalue weighted by Gasteiger charge is -2.23. The van der Waals surface area contributed by atoms with Crippen molar-refractivity contribution in [2.45, 2.75) is 51.0 Å². The summed E-state index contributed by atoms with van der Waals surface area (Å²) in [5, 5.41) is 3.12. The van der Waals surface area contributed by atoms with Gasteiger partial charge in [0.1, 0.15) is 0 Å². The van der Waals surface area contributed by atoms with Crippen LogP contribution in [0, 0.1) is 11.8 Å². The second kappa shape index (κ2) is 4.97. The molecule has 0 saturated heterocycles. The number of hydrogen-bond donors (Lipinski definition) is 2. The first-order valence-electron chi connectivity index (χ1n) is 6.29. The molecule has 2 saturated carbocycles. The van der Waals surface area contributed by atoms with Crippen molar-refractivity contribution in [3.05, 3.63) is 0 Å². The van der Waals surface area contributed by atoms with Crippen LogP contribution in [0.5, 0.6) is 0 Å². The molecule has 0 spiro atoms. The Morgan fingerprint density at radius 2 is 1.93 bits per heavy atom. The average molecular weight is 210 g/mol. The molecule has 2 aliphatic carbocycles. The van der Waals surface area contributed by atoms with E-state index >= 15 is 0 Å². The van der Waals surface area contributed by atoms with Gasteiger partial charge in [0.2, 0.25) is 5.91 Å². The molecule has 0 bridgehead atoms. The quantitative estimate of drug-likeness (QED) is 0.721. The van der Waals surface area contributed by atoms with Crippen LogP contribution in [0.3, 0.4) is 0 Å². The van der Waals surface area contributed by atoms with E-state index in [9.17, 15) is 4.79 Å². The lowest BCUT2D eigenvalue weighted by Crippen LogP contribution is -2.44. The second-order valence-corrected chi connectivity index (χ2v) is 5.10. The Bertz CT molecular complexity index is 220. The van der Waals surface area contributed by atoms with Crippen LogP contribution in [-0.4, -0.2) is 18.5 Å². The molecule has 2 fully saturated rings. The van der Waals surface area contributed by atoms with Gasteiger partial charge in [-0.3, -0.25) is 4.79 Å². The third-order valence-corrected chi connectivity index (χ3v) is 3.74. The minimum atomic E-state index is 0.222.